The van der Waals surface area contributed by atoms with Crippen molar-refractivity contribution in [3.8, 4) is 5.75 Å². The van der Waals surface area contributed by atoms with Crippen molar-refractivity contribution >= 4 is 23.3 Å². The van der Waals surface area contributed by atoms with Crippen molar-refractivity contribution in [2.24, 2.45) is 0 Å². The molecule has 0 spiro atoms. The standard InChI is InChI=1S/C23H30N2O3S/c1-18-6-7-22(29-18)8-9-23(26)24-17-19-4-3-5-21(16-19)28-15-12-25(2)20-10-13-27-14-11-20/h3-9,16,20H,10-15,17H2,1-2H3,(H,24,26)/b9-8+. The molecule has 1 aliphatic rings. The van der Waals surface area contributed by atoms with E-state index in [4.69, 9.17) is 9.47 Å². The molecule has 2 aromatic rings. The van der Waals surface area contributed by atoms with E-state index in [1.54, 1.807) is 17.4 Å². The lowest BCUT2D eigenvalue weighted by Gasteiger charge is -2.31. The van der Waals surface area contributed by atoms with Gasteiger partial charge >= 0.3 is 0 Å². The van der Waals surface area contributed by atoms with Crippen LogP contribution in [0.4, 0.5) is 0 Å². The first-order chi connectivity index (χ1) is 14.1. The molecule has 5 nitrogen and oxygen atoms in total. The second kappa shape index (κ2) is 11.1. The molecule has 1 aliphatic heterocycles. The van der Waals surface area contributed by atoms with Gasteiger partial charge in [0.25, 0.3) is 0 Å². The molecule has 0 atom stereocenters. The Balaban J connectivity index is 1.40. The van der Waals surface area contributed by atoms with Gasteiger partial charge in [0.1, 0.15) is 12.4 Å². The second-order valence-corrected chi connectivity index (χ2v) is 8.64. The van der Waals surface area contributed by atoms with Crippen molar-refractivity contribution in [1.29, 1.82) is 0 Å². The Morgan fingerprint density at radius 2 is 2.14 bits per heavy atom. The van der Waals surface area contributed by atoms with E-state index < -0.39 is 0 Å². The van der Waals surface area contributed by atoms with Gasteiger partial charge in [-0.15, -0.1) is 11.3 Å². The summed E-state index contributed by atoms with van der Waals surface area (Å²) in [7, 11) is 2.15. The molecule has 0 saturated carbocycles. The average molecular weight is 415 g/mol. The van der Waals surface area contributed by atoms with E-state index in [1.165, 1.54) is 4.88 Å². The second-order valence-electron chi connectivity index (χ2n) is 7.32. The number of hydrogen-bond acceptors (Lipinski definition) is 5. The summed E-state index contributed by atoms with van der Waals surface area (Å²) in [6.45, 7) is 5.77. The molecule has 1 aromatic carbocycles. The van der Waals surface area contributed by atoms with E-state index in [0.29, 0.717) is 19.2 Å². The molecule has 6 heteroatoms. The van der Waals surface area contributed by atoms with Crippen LogP contribution in [0, 0.1) is 6.92 Å². The van der Waals surface area contributed by atoms with E-state index in [9.17, 15) is 4.79 Å². The molecule has 1 amide bonds. The van der Waals surface area contributed by atoms with Gasteiger partial charge in [0.05, 0.1) is 0 Å². The maximum absolute atomic E-state index is 12.0. The number of aryl methyl sites for hydroxylation is 1. The number of ether oxygens (including phenoxy) is 2. The van der Waals surface area contributed by atoms with E-state index in [1.807, 2.05) is 36.4 Å². The number of hydrogen-bond donors (Lipinski definition) is 1. The zero-order chi connectivity index (χ0) is 20.5. The lowest BCUT2D eigenvalue weighted by molar-refractivity contribution is -0.116. The topological polar surface area (TPSA) is 50.8 Å². The normalized spacial score (nSPS) is 15.1. The van der Waals surface area contributed by atoms with Gasteiger partial charge in [0.2, 0.25) is 5.91 Å². The summed E-state index contributed by atoms with van der Waals surface area (Å²) in [6.07, 6.45) is 5.61. The van der Waals surface area contributed by atoms with Gasteiger partial charge in [-0.25, -0.2) is 0 Å². The van der Waals surface area contributed by atoms with E-state index in [-0.39, 0.29) is 5.91 Å². The van der Waals surface area contributed by atoms with Gasteiger partial charge < -0.3 is 14.8 Å². The molecule has 1 fully saturated rings. The minimum absolute atomic E-state index is 0.0968. The van der Waals surface area contributed by atoms with Crippen LogP contribution in [0.2, 0.25) is 0 Å². The molecule has 3 rings (SSSR count). The van der Waals surface area contributed by atoms with Crippen LogP contribution in [-0.4, -0.2) is 50.3 Å². The lowest BCUT2D eigenvalue weighted by Crippen LogP contribution is -2.38. The molecule has 156 valence electrons. The number of benzene rings is 1. The van der Waals surface area contributed by atoms with Gasteiger partial charge in [-0.2, -0.15) is 0 Å². The Kier molecular flexibility index (Phi) is 8.28. The summed E-state index contributed by atoms with van der Waals surface area (Å²) < 4.78 is 11.3. The van der Waals surface area contributed by atoms with E-state index in [2.05, 4.69) is 30.3 Å². The third-order valence-electron chi connectivity index (χ3n) is 5.05. The largest absolute Gasteiger partial charge is 0.492 e. The number of amides is 1. The van der Waals surface area contributed by atoms with Crippen LogP contribution in [0.25, 0.3) is 6.08 Å². The maximum Gasteiger partial charge on any atom is 0.244 e. The highest BCUT2D eigenvalue weighted by Gasteiger charge is 2.17. The third kappa shape index (κ3) is 7.31. The molecule has 1 aromatic heterocycles. The summed E-state index contributed by atoms with van der Waals surface area (Å²) in [5, 5.41) is 2.92. The molecular formula is C23H30N2O3S. The van der Waals surface area contributed by atoms with Crippen LogP contribution in [0.15, 0.2) is 42.5 Å². The van der Waals surface area contributed by atoms with Crippen molar-refractivity contribution < 1.29 is 14.3 Å². The first-order valence-corrected chi connectivity index (χ1v) is 10.9. The fourth-order valence-electron chi connectivity index (χ4n) is 3.31. The number of thiophene rings is 1. The number of nitrogens with zero attached hydrogens (tertiary/aromatic N) is 1. The van der Waals surface area contributed by atoms with Crippen LogP contribution in [-0.2, 0) is 16.1 Å². The van der Waals surface area contributed by atoms with Gasteiger partial charge in [-0.05, 0) is 62.7 Å². The van der Waals surface area contributed by atoms with Gasteiger partial charge in [0.15, 0.2) is 0 Å². The number of rotatable bonds is 9. The molecule has 0 radical (unpaired) electrons. The quantitative estimate of drug-likeness (QED) is 0.633. The van der Waals surface area contributed by atoms with E-state index >= 15 is 0 Å². The first-order valence-electron chi connectivity index (χ1n) is 10.1. The molecule has 1 N–H and O–H groups in total. The summed E-state index contributed by atoms with van der Waals surface area (Å²) >= 11 is 1.67. The lowest BCUT2D eigenvalue weighted by atomic mass is 10.1. The molecule has 29 heavy (non-hydrogen) atoms. The van der Waals surface area contributed by atoms with Crippen molar-refractivity contribution in [3.63, 3.8) is 0 Å². The predicted molar refractivity (Wildman–Crippen MR) is 118 cm³/mol. The predicted octanol–water partition coefficient (Wildman–Crippen LogP) is 3.88. The van der Waals surface area contributed by atoms with Crippen LogP contribution in [0.5, 0.6) is 5.75 Å². The van der Waals surface area contributed by atoms with Crippen molar-refractivity contribution in [2.75, 3.05) is 33.4 Å². The Morgan fingerprint density at radius 1 is 1.31 bits per heavy atom. The average Bonchev–Trinajstić information content (AvgIpc) is 3.17. The molecule has 2 heterocycles. The van der Waals surface area contributed by atoms with E-state index in [0.717, 1.165) is 48.8 Å². The summed E-state index contributed by atoms with van der Waals surface area (Å²) in [6, 6.07) is 12.6. The van der Waals surface area contributed by atoms with Crippen LogP contribution in [0.1, 0.15) is 28.2 Å². The molecular weight excluding hydrogens is 384 g/mol. The highest BCUT2D eigenvalue weighted by molar-refractivity contribution is 7.12. The zero-order valence-corrected chi connectivity index (χ0v) is 18.0. The maximum atomic E-state index is 12.0. The molecule has 1 saturated heterocycles. The Bertz CT molecular complexity index is 812. The van der Waals surface area contributed by atoms with Crippen LogP contribution < -0.4 is 10.1 Å². The van der Waals surface area contributed by atoms with Gasteiger partial charge in [-0.3, -0.25) is 9.69 Å². The number of carbonyl (C=O) groups is 1. The summed E-state index contributed by atoms with van der Waals surface area (Å²) in [5.74, 6) is 0.738. The Morgan fingerprint density at radius 3 is 2.90 bits per heavy atom. The third-order valence-corrected chi connectivity index (χ3v) is 6.02. The van der Waals surface area contributed by atoms with Crippen molar-refractivity contribution in [1.82, 2.24) is 10.2 Å². The minimum Gasteiger partial charge on any atom is -0.492 e. The van der Waals surface area contributed by atoms with Crippen molar-refractivity contribution in [2.45, 2.75) is 32.4 Å². The van der Waals surface area contributed by atoms with Gasteiger partial charge in [-0.1, -0.05) is 12.1 Å². The first kappa shape index (κ1) is 21.6. The molecule has 0 unspecified atom stereocenters. The summed E-state index contributed by atoms with van der Waals surface area (Å²) in [4.78, 5) is 16.7. The fraction of sp³-hybridized carbons (Fsp3) is 0.435. The monoisotopic (exact) mass is 414 g/mol. The van der Waals surface area contributed by atoms with Crippen molar-refractivity contribution in [3.05, 3.63) is 57.8 Å². The highest BCUT2D eigenvalue weighted by atomic mass is 32.1. The number of carbonyl (C=O) groups excluding carboxylic acids is 1. The Labute approximate surface area is 177 Å². The highest BCUT2D eigenvalue weighted by Crippen LogP contribution is 2.17. The van der Waals surface area contributed by atoms with Crippen LogP contribution in [0.3, 0.4) is 0 Å². The zero-order valence-electron chi connectivity index (χ0n) is 17.2. The fourth-order valence-corrected chi connectivity index (χ4v) is 4.09. The van der Waals surface area contributed by atoms with Crippen LogP contribution >= 0.6 is 11.3 Å². The molecule has 0 bridgehead atoms. The smallest absolute Gasteiger partial charge is 0.244 e. The summed E-state index contributed by atoms with van der Waals surface area (Å²) in [5.41, 5.74) is 1.02. The number of nitrogens with one attached hydrogen (secondary N) is 1. The van der Waals surface area contributed by atoms with Gasteiger partial charge in [0, 0.05) is 48.2 Å². The molecule has 0 aliphatic carbocycles. The SMILES string of the molecule is Cc1ccc(/C=C/C(=O)NCc2cccc(OCCN(C)C3CCOCC3)c2)s1. The Hall–Kier alpha value is -2.15. The number of likely N-dealkylation sites (N-methyl/N-ethyl adjacent to an activating group) is 1. The minimum atomic E-state index is -0.0968.